The SMILES string of the molecule is CC(C)Cc1nc2c(c(-c3ccc4c(ccn4Cc4ccc(F)c(C#N)c4)c3)c1C(N)=O)C(=O)NC2(C)Cc1ccc(F)cc1. The summed E-state index contributed by atoms with van der Waals surface area (Å²) < 4.78 is 29.5. The molecule has 0 saturated heterocycles. The average Bonchev–Trinajstić information content (AvgIpc) is 3.50. The van der Waals surface area contributed by atoms with Crippen molar-refractivity contribution in [1.29, 1.82) is 5.26 Å². The van der Waals surface area contributed by atoms with Crippen LogP contribution in [0.15, 0.2) is 72.9 Å². The number of primary amides is 1. The molecule has 3 N–H and O–H groups in total. The number of hydrogen-bond acceptors (Lipinski definition) is 4. The number of rotatable bonds is 8. The second kappa shape index (κ2) is 11.3. The van der Waals surface area contributed by atoms with Gasteiger partial charge in [-0.05, 0) is 78.4 Å². The number of nitrogens with two attached hydrogens (primary N) is 1. The highest BCUT2D eigenvalue weighted by molar-refractivity contribution is 6.12. The van der Waals surface area contributed by atoms with E-state index in [1.807, 2.05) is 61.9 Å². The van der Waals surface area contributed by atoms with Crippen LogP contribution in [0.3, 0.4) is 0 Å². The van der Waals surface area contributed by atoms with E-state index in [1.54, 1.807) is 18.2 Å². The van der Waals surface area contributed by atoms with Crippen molar-refractivity contribution in [1.82, 2.24) is 14.9 Å². The first-order valence-electron chi connectivity index (χ1n) is 14.7. The van der Waals surface area contributed by atoms with Crippen molar-refractivity contribution >= 4 is 22.7 Å². The molecule has 7 nitrogen and oxygen atoms in total. The third kappa shape index (κ3) is 5.44. The second-order valence-electron chi connectivity index (χ2n) is 12.2. The van der Waals surface area contributed by atoms with Crippen molar-refractivity contribution in [3.8, 4) is 17.2 Å². The molecule has 2 amide bonds. The van der Waals surface area contributed by atoms with Crippen LogP contribution in [-0.4, -0.2) is 21.4 Å². The van der Waals surface area contributed by atoms with Gasteiger partial charge in [-0.25, -0.2) is 8.78 Å². The second-order valence-corrected chi connectivity index (χ2v) is 12.2. The van der Waals surface area contributed by atoms with Crippen LogP contribution in [0.1, 0.15) is 69.6 Å². The van der Waals surface area contributed by atoms with Crippen molar-refractivity contribution in [2.75, 3.05) is 0 Å². The maximum Gasteiger partial charge on any atom is 0.254 e. The van der Waals surface area contributed by atoms with Crippen molar-refractivity contribution in [2.45, 2.75) is 45.7 Å². The molecule has 5 aromatic rings. The number of carbonyl (C=O) groups excluding carboxylic acids is 2. The minimum Gasteiger partial charge on any atom is -0.366 e. The smallest absolute Gasteiger partial charge is 0.254 e. The van der Waals surface area contributed by atoms with Gasteiger partial charge in [-0.1, -0.05) is 38.1 Å². The number of pyridine rings is 1. The molecule has 0 saturated carbocycles. The summed E-state index contributed by atoms with van der Waals surface area (Å²) in [5, 5.41) is 13.2. The summed E-state index contributed by atoms with van der Waals surface area (Å²) in [6.45, 7) is 6.35. The Kier molecular flexibility index (Phi) is 7.45. The Morgan fingerprint density at radius 2 is 1.78 bits per heavy atom. The predicted octanol–water partition coefficient (Wildman–Crippen LogP) is 6.40. The molecule has 1 aliphatic rings. The van der Waals surface area contributed by atoms with E-state index in [0.29, 0.717) is 47.5 Å². The van der Waals surface area contributed by atoms with E-state index in [-0.39, 0.29) is 28.8 Å². The van der Waals surface area contributed by atoms with Crippen LogP contribution in [0, 0.1) is 28.9 Å². The number of carbonyl (C=O) groups is 2. The van der Waals surface area contributed by atoms with Gasteiger partial charge in [0.2, 0.25) is 0 Å². The van der Waals surface area contributed by atoms with Gasteiger partial charge in [-0.2, -0.15) is 5.26 Å². The molecule has 226 valence electrons. The van der Waals surface area contributed by atoms with E-state index in [2.05, 4.69) is 5.32 Å². The predicted molar refractivity (Wildman–Crippen MR) is 167 cm³/mol. The number of halogens is 2. The fraction of sp³-hybridized carbons (Fsp3) is 0.222. The third-order valence-corrected chi connectivity index (χ3v) is 8.29. The first-order valence-corrected chi connectivity index (χ1v) is 14.7. The minimum absolute atomic E-state index is 0.0151. The van der Waals surface area contributed by atoms with Gasteiger partial charge >= 0.3 is 0 Å². The first-order chi connectivity index (χ1) is 21.5. The molecule has 1 atom stereocenters. The maximum absolute atomic E-state index is 13.9. The van der Waals surface area contributed by atoms with E-state index in [1.165, 1.54) is 24.3 Å². The third-order valence-electron chi connectivity index (χ3n) is 8.29. The lowest BCUT2D eigenvalue weighted by Crippen LogP contribution is -2.39. The van der Waals surface area contributed by atoms with Crippen molar-refractivity contribution in [3.05, 3.63) is 124 Å². The number of benzene rings is 3. The van der Waals surface area contributed by atoms with Crippen LogP contribution < -0.4 is 11.1 Å². The number of fused-ring (bicyclic) bond motifs is 2. The minimum atomic E-state index is -0.911. The highest BCUT2D eigenvalue weighted by Gasteiger charge is 2.44. The van der Waals surface area contributed by atoms with Gasteiger partial charge in [-0.3, -0.25) is 14.6 Å². The molecule has 45 heavy (non-hydrogen) atoms. The van der Waals surface area contributed by atoms with Crippen LogP contribution in [-0.2, 0) is 24.9 Å². The monoisotopic (exact) mass is 603 g/mol. The maximum atomic E-state index is 13.9. The molecule has 9 heteroatoms. The van der Waals surface area contributed by atoms with Crippen LogP contribution in [0.5, 0.6) is 0 Å². The summed E-state index contributed by atoms with van der Waals surface area (Å²) in [5.41, 5.74) is 10.2. The summed E-state index contributed by atoms with van der Waals surface area (Å²) in [6.07, 6.45) is 2.74. The Bertz CT molecular complexity index is 2040. The highest BCUT2D eigenvalue weighted by atomic mass is 19.1. The summed E-state index contributed by atoms with van der Waals surface area (Å²) in [5.74, 6) is -1.79. The Hall–Kier alpha value is -5.36. The molecule has 0 fully saturated rings. The Labute approximate surface area is 259 Å². The van der Waals surface area contributed by atoms with Crippen LogP contribution in [0.2, 0.25) is 0 Å². The Morgan fingerprint density at radius 1 is 1.04 bits per heavy atom. The number of nitrogens with one attached hydrogen (secondary N) is 1. The van der Waals surface area contributed by atoms with Gasteiger partial charge in [0, 0.05) is 35.6 Å². The van der Waals surface area contributed by atoms with Crippen LogP contribution in [0.25, 0.3) is 22.0 Å². The van der Waals surface area contributed by atoms with Gasteiger partial charge in [0.05, 0.1) is 33.6 Å². The van der Waals surface area contributed by atoms with Crippen molar-refractivity contribution < 1.29 is 18.4 Å². The molecular formula is C36H31F2N5O2. The normalized spacial score (nSPS) is 15.7. The first kappa shape index (κ1) is 29.7. The Morgan fingerprint density at radius 3 is 2.47 bits per heavy atom. The average molecular weight is 604 g/mol. The molecule has 2 aromatic heterocycles. The van der Waals surface area contributed by atoms with Gasteiger partial charge in [-0.15, -0.1) is 0 Å². The lowest BCUT2D eigenvalue weighted by Gasteiger charge is -2.26. The molecule has 1 unspecified atom stereocenters. The topological polar surface area (TPSA) is 114 Å². The molecule has 6 rings (SSSR count). The van der Waals surface area contributed by atoms with E-state index in [0.717, 1.165) is 22.0 Å². The van der Waals surface area contributed by atoms with Crippen molar-refractivity contribution in [2.24, 2.45) is 11.7 Å². The number of aromatic nitrogens is 2. The number of nitriles is 1. The van der Waals surface area contributed by atoms with Gasteiger partial charge in [0.1, 0.15) is 17.7 Å². The van der Waals surface area contributed by atoms with E-state index in [9.17, 15) is 23.6 Å². The fourth-order valence-corrected chi connectivity index (χ4v) is 6.30. The molecular weight excluding hydrogens is 572 g/mol. The lowest BCUT2D eigenvalue weighted by atomic mass is 9.84. The quantitative estimate of drug-likeness (QED) is 0.214. The van der Waals surface area contributed by atoms with E-state index in [4.69, 9.17) is 10.7 Å². The molecule has 0 radical (unpaired) electrons. The summed E-state index contributed by atoms with van der Waals surface area (Å²) >= 11 is 0. The van der Waals surface area contributed by atoms with Gasteiger partial charge in [0.25, 0.3) is 11.8 Å². The van der Waals surface area contributed by atoms with Gasteiger partial charge in [0.15, 0.2) is 0 Å². The fourth-order valence-electron chi connectivity index (χ4n) is 6.30. The lowest BCUT2D eigenvalue weighted by molar-refractivity contribution is 0.0935. The summed E-state index contributed by atoms with van der Waals surface area (Å²) in [7, 11) is 0. The molecule has 0 bridgehead atoms. The standard InChI is InChI=1S/C36H31F2N5O2/c1-20(2)14-28-31(34(40)44)30(32-33(41-28)36(3,42-35(32)45)17-21-4-8-26(37)9-5-21)24-7-11-29-23(16-24)12-13-43(29)19-22-6-10-27(38)25(15-22)18-39/h4-13,15-16,20H,14,17,19H2,1-3H3,(H2,40,44)(H,42,45). The summed E-state index contributed by atoms with van der Waals surface area (Å²) in [6, 6.07) is 20.1. The van der Waals surface area contributed by atoms with Gasteiger partial charge < -0.3 is 15.6 Å². The van der Waals surface area contributed by atoms with Crippen molar-refractivity contribution in [3.63, 3.8) is 0 Å². The van der Waals surface area contributed by atoms with Crippen LogP contribution >= 0.6 is 0 Å². The molecule has 0 aliphatic carbocycles. The largest absolute Gasteiger partial charge is 0.366 e. The zero-order valence-electron chi connectivity index (χ0n) is 25.1. The highest BCUT2D eigenvalue weighted by Crippen LogP contribution is 2.42. The number of hydrogen-bond donors (Lipinski definition) is 2. The molecule has 3 aromatic carbocycles. The molecule has 1 aliphatic heterocycles. The van der Waals surface area contributed by atoms with E-state index >= 15 is 0 Å². The summed E-state index contributed by atoms with van der Waals surface area (Å²) in [4.78, 5) is 31.8. The molecule has 0 spiro atoms. The number of amides is 2. The Balaban J connectivity index is 1.50. The zero-order valence-corrected chi connectivity index (χ0v) is 25.1. The van der Waals surface area contributed by atoms with Crippen LogP contribution in [0.4, 0.5) is 8.78 Å². The van der Waals surface area contributed by atoms with E-state index < -0.39 is 17.3 Å². The zero-order chi connectivity index (χ0) is 32.0. The number of nitrogens with zero attached hydrogens (tertiary/aromatic N) is 3. The molecule has 3 heterocycles.